The predicted octanol–water partition coefficient (Wildman–Crippen LogP) is 2.96. The molecule has 21 heteroatoms. The number of allylic oxidation sites excluding steroid dienone is 12. The molecule has 2 saturated heterocycles. The third kappa shape index (κ3) is 24.7. The van der Waals surface area contributed by atoms with Crippen LogP contribution < -0.4 is 16.4 Å². The zero-order chi connectivity index (χ0) is 61.2. The van der Waals surface area contributed by atoms with Crippen LogP contribution in [0.2, 0.25) is 0 Å². The summed E-state index contributed by atoms with van der Waals surface area (Å²) in [7, 11) is 1.77. The highest BCUT2D eigenvalue weighted by molar-refractivity contribution is 5.96. The van der Waals surface area contributed by atoms with Crippen LogP contribution in [0.15, 0.2) is 122 Å². The Morgan fingerprint density at radius 1 is 0.759 bits per heavy atom. The first-order valence-electron chi connectivity index (χ1n) is 28.6. The van der Waals surface area contributed by atoms with Gasteiger partial charge in [-0.15, -0.1) is 6.58 Å². The van der Waals surface area contributed by atoms with Crippen LogP contribution in [0.4, 0.5) is 5.69 Å². The summed E-state index contributed by atoms with van der Waals surface area (Å²) in [6.45, 7) is 8.91. The molecule has 1 aromatic rings. The minimum Gasteiger partial charge on any atom is -0.461 e. The van der Waals surface area contributed by atoms with Gasteiger partial charge in [-0.05, 0) is 69.2 Å². The third-order valence-electron chi connectivity index (χ3n) is 14.8. The molecule has 3 heterocycles. The highest BCUT2D eigenvalue weighted by Crippen LogP contribution is 2.38. The Bertz CT molecular complexity index is 2390. The number of amides is 1. The summed E-state index contributed by atoms with van der Waals surface area (Å²) in [6.07, 6.45) is 4.55. The standard InChI is InChI=1S/C62H91N3O18/c1-6-27-65-60(78)55-52(74)37-62(79)36-49(72)32-47(70)30-45(68)28-44(67)29-46(69)31-48(71)34-54(75)82-59(39(3)21-26-43(66)33-51(73)41-22-24-42(64-5)25-23-41)38(2)19-17-15-13-11-9-7-8-10-12-14-16-18-20-50(35-53(55)83-62)81-61-58(77)56(63)57(76)40(4)80-61/h6-20,22-25,38-40,43-45,47-50,52-53,55-59,61,64,66-68,70-72,74,76-77,79H,1,21,26-37,63H2,2-5H3,(H,65,78)/b8-7+,11-9+,12-10+,15-13+,16-14+,19-17+,20-18+/t38?,39?,40-,43?,44?,45?,47?,48?,49?,50?,52?,53?,55?,56+,57-,58+,59?,61+,62?/m1/s1. The Morgan fingerprint density at radius 3 is 1.93 bits per heavy atom. The van der Waals surface area contributed by atoms with Gasteiger partial charge in [0.05, 0.1) is 85.5 Å². The summed E-state index contributed by atoms with van der Waals surface area (Å²) in [4.78, 5) is 52.9. The molecule has 0 saturated carbocycles. The number of benzene rings is 1. The molecule has 21 nitrogen and oxygen atoms in total. The molecule has 4 rings (SSSR count). The lowest BCUT2D eigenvalue weighted by atomic mass is 9.82. The number of ether oxygens (including phenoxy) is 4. The van der Waals surface area contributed by atoms with Crippen molar-refractivity contribution in [2.45, 2.75) is 195 Å². The molecule has 0 spiro atoms. The number of hydrogen-bond acceptors (Lipinski definition) is 20. The van der Waals surface area contributed by atoms with Crippen molar-refractivity contribution in [1.29, 1.82) is 0 Å². The molecular weight excluding hydrogens is 1070 g/mol. The summed E-state index contributed by atoms with van der Waals surface area (Å²) in [5, 5.41) is 116. The number of fused-ring (bicyclic) bond motifs is 2. The van der Waals surface area contributed by atoms with Crippen molar-refractivity contribution >= 4 is 29.1 Å². The molecule has 3 aliphatic heterocycles. The van der Waals surface area contributed by atoms with E-state index in [1.165, 1.54) is 6.08 Å². The summed E-state index contributed by atoms with van der Waals surface area (Å²) in [5.74, 6) is -6.54. The van der Waals surface area contributed by atoms with Crippen molar-refractivity contribution < 1.29 is 89.2 Å². The highest BCUT2D eigenvalue weighted by Gasteiger charge is 2.51. The van der Waals surface area contributed by atoms with Crippen molar-refractivity contribution in [2.75, 3.05) is 18.9 Å². The van der Waals surface area contributed by atoms with Crippen LogP contribution in [0.3, 0.4) is 0 Å². The molecule has 14 unspecified atom stereocenters. The second kappa shape index (κ2) is 35.8. The molecule has 2 bridgehead atoms. The van der Waals surface area contributed by atoms with Gasteiger partial charge in [0.25, 0.3) is 0 Å². The maximum Gasteiger partial charge on any atom is 0.308 e. The zero-order valence-corrected chi connectivity index (χ0v) is 48.1. The van der Waals surface area contributed by atoms with Gasteiger partial charge >= 0.3 is 5.97 Å². The fourth-order valence-electron chi connectivity index (χ4n) is 10.4. The lowest BCUT2D eigenvalue weighted by Crippen LogP contribution is -2.62. The Hall–Kier alpha value is -5.34. The topological polar surface area (TPSA) is 358 Å². The van der Waals surface area contributed by atoms with E-state index in [-0.39, 0.29) is 56.3 Å². The van der Waals surface area contributed by atoms with Crippen LogP contribution in [0.25, 0.3) is 0 Å². The number of aliphatic hydroxyl groups is 10. The van der Waals surface area contributed by atoms with Gasteiger partial charge < -0.3 is 86.4 Å². The Morgan fingerprint density at radius 2 is 1.33 bits per heavy atom. The second-order valence-corrected chi connectivity index (χ2v) is 22.1. The summed E-state index contributed by atoms with van der Waals surface area (Å²) in [6, 6.07) is 5.77. The maximum absolute atomic E-state index is 13.6. The monoisotopic (exact) mass is 1170 g/mol. The molecule has 83 heavy (non-hydrogen) atoms. The summed E-state index contributed by atoms with van der Waals surface area (Å²) < 4.78 is 24.1. The third-order valence-corrected chi connectivity index (χ3v) is 14.8. The molecule has 2 fully saturated rings. The number of Topliss-reactive ketones (excluding diaryl/α,β-unsaturated/α-hetero) is 2. The molecule has 3 aliphatic rings. The van der Waals surface area contributed by atoms with E-state index < -0.39 is 160 Å². The predicted molar refractivity (Wildman–Crippen MR) is 311 cm³/mol. The van der Waals surface area contributed by atoms with Crippen LogP contribution in [0, 0.1) is 17.8 Å². The van der Waals surface area contributed by atoms with E-state index in [0.717, 1.165) is 5.69 Å². The van der Waals surface area contributed by atoms with Crippen LogP contribution >= 0.6 is 0 Å². The second-order valence-electron chi connectivity index (χ2n) is 22.1. The van der Waals surface area contributed by atoms with Crippen LogP contribution in [0.5, 0.6) is 0 Å². The molecular formula is C62H91N3O18. The van der Waals surface area contributed by atoms with Crippen LogP contribution in [0.1, 0.15) is 108 Å². The maximum atomic E-state index is 13.6. The van der Waals surface area contributed by atoms with E-state index in [1.54, 1.807) is 117 Å². The minimum absolute atomic E-state index is 0.0338. The molecule has 462 valence electrons. The Kier molecular flexibility index (Phi) is 30.3. The van der Waals surface area contributed by atoms with Crippen molar-refractivity contribution in [3.05, 3.63) is 128 Å². The van der Waals surface area contributed by atoms with E-state index in [1.807, 2.05) is 19.9 Å². The Balaban J connectivity index is 1.57. The first-order valence-corrected chi connectivity index (χ1v) is 28.6. The molecule has 0 aliphatic carbocycles. The number of anilines is 1. The van der Waals surface area contributed by atoms with Crippen molar-refractivity contribution in [3.8, 4) is 0 Å². The molecule has 0 aromatic heterocycles. The molecule has 14 N–H and O–H groups in total. The summed E-state index contributed by atoms with van der Waals surface area (Å²) in [5.41, 5.74) is 7.42. The minimum atomic E-state index is -2.28. The number of esters is 1. The van der Waals surface area contributed by atoms with Gasteiger partial charge in [-0.3, -0.25) is 19.2 Å². The van der Waals surface area contributed by atoms with Crippen molar-refractivity contribution in [3.63, 3.8) is 0 Å². The number of nitrogens with two attached hydrogens (primary N) is 1. The summed E-state index contributed by atoms with van der Waals surface area (Å²) >= 11 is 0. The quantitative estimate of drug-likeness (QED) is 0.0767. The van der Waals surface area contributed by atoms with Gasteiger partial charge in [-0.2, -0.15) is 0 Å². The van der Waals surface area contributed by atoms with Gasteiger partial charge in [0.15, 0.2) is 17.9 Å². The van der Waals surface area contributed by atoms with E-state index in [9.17, 15) is 70.2 Å². The number of hydrogen-bond donors (Lipinski definition) is 13. The van der Waals surface area contributed by atoms with Crippen LogP contribution in [-0.4, -0.2) is 186 Å². The number of carbonyl (C=O) groups excluding carboxylic acids is 4. The van der Waals surface area contributed by atoms with E-state index in [4.69, 9.17) is 24.7 Å². The van der Waals surface area contributed by atoms with Gasteiger partial charge in [-0.25, -0.2) is 0 Å². The number of carbonyl (C=O) groups is 4. The number of ketones is 2. The number of rotatable bonds is 13. The fraction of sp³-hybridized carbons (Fsp3) is 0.581. The number of aliphatic hydroxyl groups excluding tert-OH is 9. The van der Waals surface area contributed by atoms with Gasteiger partial charge in [0.2, 0.25) is 5.91 Å². The SMILES string of the molecule is C=CCNC(=O)C1C(O)CC2(O)CC(O)CC(O)CC(O)CC(O)CC(=O)CC(O)CC(=O)OC(C(C)CCC(O)CC(=O)c3ccc(NC)cc3)C(C)/C=C/C=C/C=C/C=C/C=C/C=C/C=C/C(O[C@@H]3O[C@H](C)[C@@H](O)[C@H](N)[C@@H]3O)CC1O2. The fourth-order valence-corrected chi connectivity index (χ4v) is 10.4. The average molecular weight is 1170 g/mol. The average Bonchev–Trinajstić information content (AvgIpc) is 3.54. The van der Waals surface area contributed by atoms with Gasteiger partial charge in [0, 0.05) is 69.3 Å². The molecule has 0 radical (unpaired) electrons. The lowest BCUT2D eigenvalue weighted by molar-refractivity contribution is -0.307. The first-order chi connectivity index (χ1) is 39.4. The molecule has 1 aromatic carbocycles. The van der Waals surface area contributed by atoms with Crippen LogP contribution in [-0.2, 0) is 33.3 Å². The van der Waals surface area contributed by atoms with E-state index >= 15 is 0 Å². The van der Waals surface area contributed by atoms with Crippen molar-refractivity contribution in [2.24, 2.45) is 23.5 Å². The van der Waals surface area contributed by atoms with Gasteiger partial charge in [0.1, 0.15) is 18.0 Å². The van der Waals surface area contributed by atoms with Crippen molar-refractivity contribution in [1.82, 2.24) is 5.32 Å². The largest absolute Gasteiger partial charge is 0.461 e. The first kappa shape index (κ1) is 70.1. The van der Waals surface area contributed by atoms with Gasteiger partial charge in [-0.1, -0.05) is 105 Å². The molecule has 1 amide bonds. The normalized spacial score (nSPS) is 37.0. The van der Waals surface area contributed by atoms with E-state index in [2.05, 4.69) is 17.2 Å². The molecule has 19 atom stereocenters. The number of nitrogens with one attached hydrogen (secondary N) is 2. The Labute approximate surface area is 487 Å². The zero-order valence-electron chi connectivity index (χ0n) is 48.1. The smallest absolute Gasteiger partial charge is 0.308 e. The van der Waals surface area contributed by atoms with E-state index in [0.29, 0.717) is 12.0 Å². The lowest BCUT2D eigenvalue weighted by Gasteiger charge is -2.46. The number of cyclic esters (lactones) is 1. The highest BCUT2D eigenvalue weighted by atomic mass is 16.7.